The van der Waals surface area contributed by atoms with Gasteiger partial charge in [-0.05, 0) is 50.5 Å². The predicted molar refractivity (Wildman–Crippen MR) is 86.0 cm³/mol. The van der Waals surface area contributed by atoms with Crippen molar-refractivity contribution in [3.05, 3.63) is 41.2 Å². The summed E-state index contributed by atoms with van der Waals surface area (Å²) in [7, 11) is 0. The Morgan fingerprint density at radius 2 is 1.74 bits per heavy atom. The van der Waals surface area contributed by atoms with E-state index in [4.69, 9.17) is 4.52 Å². The number of nitrogens with one attached hydrogen (secondary N) is 2. The van der Waals surface area contributed by atoms with Crippen molar-refractivity contribution in [3.8, 4) is 0 Å². The summed E-state index contributed by atoms with van der Waals surface area (Å²) >= 11 is 0. The first-order valence-electron chi connectivity index (χ1n) is 7.56. The van der Waals surface area contributed by atoms with E-state index < -0.39 is 0 Å². The fraction of sp³-hybridized carbons (Fsp3) is 0.353. The Balaban J connectivity index is 1.55. The van der Waals surface area contributed by atoms with Crippen LogP contribution in [0.25, 0.3) is 0 Å². The van der Waals surface area contributed by atoms with Gasteiger partial charge in [-0.15, -0.1) is 0 Å². The quantitative estimate of drug-likeness (QED) is 0.909. The Kier molecular flexibility index (Phi) is 3.90. The molecule has 0 bridgehead atoms. The third-order valence-electron chi connectivity index (χ3n) is 4.12. The van der Waals surface area contributed by atoms with Crippen molar-refractivity contribution in [2.75, 3.05) is 10.6 Å². The number of anilines is 2. The lowest BCUT2D eigenvalue weighted by molar-refractivity contribution is -0.122. The molecule has 1 aromatic carbocycles. The molecule has 23 heavy (non-hydrogen) atoms. The van der Waals surface area contributed by atoms with E-state index in [1.807, 2.05) is 32.0 Å². The second kappa shape index (κ2) is 5.87. The molecule has 1 fully saturated rings. The summed E-state index contributed by atoms with van der Waals surface area (Å²) in [6, 6.07) is 7.41. The standard InChI is InChI=1S/C17H19N3O3/c1-9-4-5-12(6-10(9)2)18-16(21)13-8-14(13)17(22)19-15-7-11(3)23-20-15/h4-7,13-14H,8H2,1-3H3,(H,18,21)(H,19,20,22). The maximum Gasteiger partial charge on any atom is 0.229 e. The smallest absolute Gasteiger partial charge is 0.229 e. The van der Waals surface area contributed by atoms with Crippen molar-refractivity contribution in [2.24, 2.45) is 11.8 Å². The lowest BCUT2D eigenvalue weighted by Gasteiger charge is -2.07. The minimum absolute atomic E-state index is 0.121. The van der Waals surface area contributed by atoms with E-state index in [0.29, 0.717) is 18.0 Å². The largest absolute Gasteiger partial charge is 0.360 e. The van der Waals surface area contributed by atoms with Gasteiger partial charge in [0.05, 0.1) is 11.8 Å². The Labute approximate surface area is 134 Å². The van der Waals surface area contributed by atoms with Crippen molar-refractivity contribution < 1.29 is 14.1 Å². The van der Waals surface area contributed by atoms with Crippen LogP contribution in [0.4, 0.5) is 11.5 Å². The molecular formula is C17H19N3O3. The van der Waals surface area contributed by atoms with E-state index in [0.717, 1.165) is 11.3 Å². The number of hydrogen-bond acceptors (Lipinski definition) is 4. The summed E-state index contributed by atoms with van der Waals surface area (Å²) in [5.41, 5.74) is 3.06. The monoisotopic (exact) mass is 313 g/mol. The number of benzene rings is 1. The zero-order valence-corrected chi connectivity index (χ0v) is 13.3. The molecule has 0 aliphatic heterocycles. The summed E-state index contributed by atoms with van der Waals surface area (Å²) in [6.45, 7) is 5.77. The van der Waals surface area contributed by atoms with E-state index in [1.54, 1.807) is 13.0 Å². The van der Waals surface area contributed by atoms with Gasteiger partial charge in [0.2, 0.25) is 11.8 Å². The van der Waals surface area contributed by atoms with Gasteiger partial charge in [-0.2, -0.15) is 0 Å². The number of aryl methyl sites for hydroxylation is 3. The second-order valence-electron chi connectivity index (χ2n) is 6.05. The van der Waals surface area contributed by atoms with E-state index in [2.05, 4.69) is 15.8 Å². The highest BCUT2D eigenvalue weighted by atomic mass is 16.5. The summed E-state index contributed by atoms with van der Waals surface area (Å²) in [5.74, 6) is 0.0966. The first kappa shape index (κ1) is 15.3. The van der Waals surface area contributed by atoms with Gasteiger partial charge in [-0.1, -0.05) is 11.2 Å². The lowest BCUT2D eigenvalue weighted by atomic mass is 10.1. The van der Waals surface area contributed by atoms with E-state index in [-0.39, 0.29) is 23.7 Å². The van der Waals surface area contributed by atoms with Gasteiger partial charge in [0.1, 0.15) is 5.76 Å². The van der Waals surface area contributed by atoms with E-state index in [1.165, 1.54) is 5.56 Å². The average molecular weight is 313 g/mol. The van der Waals surface area contributed by atoms with Crippen LogP contribution < -0.4 is 10.6 Å². The third kappa shape index (κ3) is 3.41. The summed E-state index contributed by atoms with van der Waals surface area (Å²) < 4.78 is 4.90. The molecule has 2 N–H and O–H groups in total. The van der Waals surface area contributed by atoms with Crippen molar-refractivity contribution in [2.45, 2.75) is 27.2 Å². The predicted octanol–water partition coefficient (Wildman–Crippen LogP) is 2.81. The maximum absolute atomic E-state index is 12.2. The molecule has 1 aromatic heterocycles. The molecule has 1 aliphatic carbocycles. The minimum Gasteiger partial charge on any atom is -0.360 e. The highest BCUT2D eigenvalue weighted by Crippen LogP contribution is 2.40. The van der Waals surface area contributed by atoms with Crippen LogP contribution in [0.1, 0.15) is 23.3 Å². The van der Waals surface area contributed by atoms with Gasteiger partial charge >= 0.3 is 0 Å². The Hall–Kier alpha value is -2.63. The van der Waals surface area contributed by atoms with Gasteiger partial charge in [-0.3, -0.25) is 9.59 Å². The second-order valence-corrected chi connectivity index (χ2v) is 6.05. The number of amides is 2. The molecule has 2 unspecified atom stereocenters. The molecule has 2 amide bonds. The number of nitrogens with zero attached hydrogens (tertiary/aromatic N) is 1. The first-order valence-corrected chi connectivity index (χ1v) is 7.56. The van der Waals surface area contributed by atoms with Crippen LogP contribution in [0.3, 0.4) is 0 Å². The highest BCUT2D eigenvalue weighted by molar-refractivity contribution is 6.03. The van der Waals surface area contributed by atoms with Crippen molar-refractivity contribution in [1.82, 2.24) is 5.16 Å². The number of aromatic nitrogens is 1. The summed E-state index contributed by atoms with van der Waals surface area (Å²) in [4.78, 5) is 24.3. The molecule has 6 nitrogen and oxygen atoms in total. The Morgan fingerprint density at radius 3 is 2.35 bits per heavy atom. The fourth-order valence-corrected chi connectivity index (χ4v) is 2.47. The Bertz CT molecular complexity index is 766. The zero-order valence-electron chi connectivity index (χ0n) is 13.3. The van der Waals surface area contributed by atoms with Crippen molar-refractivity contribution in [1.29, 1.82) is 0 Å². The molecule has 0 saturated heterocycles. The third-order valence-corrected chi connectivity index (χ3v) is 4.12. The topological polar surface area (TPSA) is 84.2 Å². The zero-order chi connectivity index (χ0) is 16.6. The van der Waals surface area contributed by atoms with Crippen LogP contribution in [0.2, 0.25) is 0 Å². The highest BCUT2D eigenvalue weighted by Gasteiger charge is 2.48. The Morgan fingerprint density at radius 1 is 1.04 bits per heavy atom. The normalized spacial score (nSPS) is 19.3. The van der Waals surface area contributed by atoms with Crippen molar-refractivity contribution in [3.63, 3.8) is 0 Å². The molecule has 2 aromatic rings. The van der Waals surface area contributed by atoms with Crippen LogP contribution in [0, 0.1) is 32.6 Å². The molecular weight excluding hydrogens is 294 g/mol. The number of carbonyl (C=O) groups excluding carboxylic acids is 2. The van der Waals surface area contributed by atoms with Crippen LogP contribution in [0.15, 0.2) is 28.8 Å². The van der Waals surface area contributed by atoms with Crippen LogP contribution in [0.5, 0.6) is 0 Å². The molecule has 6 heteroatoms. The molecule has 120 valence electrons. The van der Waals surface area contributed by atoms with Gasteiger partial charge in [0.15, 0.2) is 5.82 Å². The van der Waals surface area contributed by atoms with Gasteiger partial charge in [0.25, 0.3) is 0 Å². The van der Waals surface area contributed by atoms with Crippen LogP contribution in [-0.2, 0) is 9.59 Å². The van der Waals surface area contributed by atoms with Crippen LogP contribution in [-0.4, -0.2) is 17.0 Å². The van der Waals surface area contributed by atoms with E-state index >= 15 is 0 Å². The molecule has 1 aliphatic rings. The van der Waals surface area contributed by atoms with Gasteiger partial charge in [0, 0.05) is 11.8 Å². The number of rotatable bonds is 4. The van der Waals surface area contributed by atoms with Gasteiger partial charge in [-0.25, -0.2) is 0 Å². The van der Waals surface area contributed by atoms with Crippen LogP contribution >= 0.6 is 0 Å². The molecule has 2 atom stereocenters. The summed E-state index contributed by atoms with van der Waals surface area (Å²) in [5, 5.41) is 9.25. The fourth-order valence-electron chi connectivity index (χ4n) is 2.47. The van der Waals surface area contributed by atoms with E-state index in [9.17, 15) is 9.59 Å². The van der Waals surface area contributed by atoms with Gasteiger partial charge < -0.3 is 15.2 Å². The maximum atomic E-state index is 12.2. The first-order chi connectivity index (χ1) is 10.9. The number of carbonyl (C=O) groups is 2. The van der Waals surface area contributed by atoms with Crippen molar-refractivity contribution >= 4 is 23.3 Å². The molecule has 1 heterocycles. The lowest BCUT2D eigenvalue weighted by Crippen LogP contribution is -2.20. The summed E-state index contributed by atoms with van der Waals surface area (Å²) in [6.07, 6.45) is 0.555. The minimum atomic E-state index is -0.307. The average Bonchev–Trinajstić information content (AvgIpc) is 3.21. The SMILES string of the molecule is Cc1cc(NC(=O)C2CC2C(=O)Nc2ccc(C)c(C)c2)no1. The number of hydrogen-bond donors (Lipinski definition) is 2. The molecule has 1 saturated carbocycles. The molecule has 0 spiro atoms. The molecule has 0 radical (unpaired) electrons. The molecule has 3 rings (SSSR count).